The van der Waals surface area contributed by atoms with Gasteiger partial charge in [-0.15, -0.1) is 0 Å². The molecule has 0 saturated heterocycles. The molecule has 0 N–H and O–H groups in total. The molecule has 1 amide bonds. The molecule has 0 aliphatic carbocycles. The Morgan fingerprint density at radius 2 is 1.61 bits per heavy atom. The van der Waals surface area contributed by atoms with Crippen molar-refractivity contribution in [1.82, 2.24) is 0 Å². The van der Waals surface area contributed by atoms with Gasteiger partial charge in [0.15, 0.2) is 6.61 Å². The molecule has 0 unspecified atom stereocenters. The topological polar surface area (TPSA) is 69.0 Å². The van der Waals surface area contributed by atoms with Crippen LogP contribution in [-0.2, 0) is 11.2 Å². The first-order valence-electron chi connectivity index (χ1n) is 12.5. The average molecular weight is 504 g/mol. The Morgan fingerprint density at radius 1 is 0.895 bits per heavy atom. The van der Waals surface area contributed by atoms with Crippen LogP contribution in [0.25, 0.3) is 22.1 Å². The zero-order chi connectivity index (χ0) is 26.1. The number of amides is 1. The number of nitrogens with zero attached hydrogens (tertiary/aromatic N) is 1. The number of carbonyl (C=O) groups is 1. The van der Waals surface area contributed by atoms with E-state index < -0.39 is 0 Å². The second-order valence-corrected chi connectivity index (χ2v) is 9.31. The Balaban J connectivity index is 1.15. The number of hydrogen-bond acceptors (Lipinski definition) is 5. The molecule has 6 heteroatoms. The molecule has 6 nitrogen and oxygen atoms in total. The van der Waals surface area contributed by atoms with E-state index in [1.54, 1.807) is 23.1 Å². The smallest absolute Gasteiger partial charge is 0.265 e. The lowest BCUT2D eigenvalue weighted by atomic mass is 10.1. The van der Waals surface area contributed by atoms with Gasteiger partial charge in [0.25, 0.3) is 5.91 Å². The highest BCUT2D eigenvalue weighted by Crippen LogP contribution is 2.32. The summed E-state index contributed by atoms with van der Waals surface area (Å²) < 4.78 is 17.3. The molecule has 0 spiro atoms. The fraction of sp³-hybridized carbons (Fsp3) is 0.125. The number of fused-ring (bicyclic) bond motifs is 2. The number of rotatable bonds is 6. The largest absolute Gasteiger partial charge is 0.484 e. The molecule has 0 radical (unpaired) electrons. The standard InChI is InChI=1S/C32H25NO5/c1-21-17-24-9-5-6-10-28(24)33(21)31(34)20-36-26-15-16-27-29(18-26)37-19-30(32(27)35)38-25-13-11-23(12-14-25)22-7-3-2-4-8-22/h2-16,18-19,21H,17,20H2,1H3/t21-/m1/s1. The van der Waals surface area contributed by atoms with Crippen molar-refractivity contribution in [3.63, 3.8) is 0 Å². The number of anilines is 1. The maximum atomic E-state index is 13.0. The highest BCUT2D eigenvalue weighted by molar-refractivity contribution is 5.97. The average Bonchev–Trinajstić information content (AvgIpc) is 3.30. The lowest BCUT2D eigenvalue weighted by molar-refractivity contribution is -0.120. The van der Waals surface area contributed by atoms with Gasteiger partial charge in [0.1, 0.15) is 23.3 Å². The van der Waals surface area contributed by atoms with Crippen LogP contribution in [0.4, 0.5) is 5.69 Å². The van der Waals surface area contributed by atoms with E-state index in [-0.39, 0.29) is 29.7 Å². The van der Waals surface area contributed by atoms with E-state index in [2.05, 4.69) is 0 Å². The van der Waals surface area contributed by atoms with Crippen molar-refractivity contribution in [3.8, 4) is 28.4 Å². The predicted molar refractivity (Wildman–Crippen MR) is 147 cm³/mol. The molecule has 38 heavy (non-hydrogen) atoms. The molecule has 1 aromatic heterocycles. The van der Waals surface area contributed by atoms with Crippen LogP contribution in [0.2, 0.25) is 0 Å². The van der Waals surface area contributed by atoms with Crippen molar-refractivity contribution in [1.29, 1.82) is 0 Å². The van der Waals surface area contributed by atoms with Crippen LogP contribution in [0.1, 0.15) is 12.5 Å². The molecule has 0 saturated carbocycles. The van der Waals surface area contributed by atoms with Crippen LogP contribution in [0.15, 0.2) is 113 Å². The number of ether oxygens (including phenoxy) is 2. The number of carbonyl (C=O) groups excluding carboxylic acids is 1. The van der Waals surface area contributed by atoms with Gasteiger partial charge in [-0.2, -0.15) is 0 Å². The Hall–Kier alpha value is -4.84. The van der Waals surface area contributed by atoms with E-state index in [0.717, 1.165) is 28.8 Å². The zero-order valence-electron chi connectivity index (χ0n) is 20.8. The van der Waals surface area contributed by atoms with Crippen molar-refractivity contribution in [2.45, 2.75) is 19.4 Å². The van der Waals surface area contributed by atoms with Crippen molar-refractivity contribution < 1.29 is 18.7 Å². The summed E-state index contributed by atoms with van der Waals surface area (Å²) in [6.07, 6.45) is 2.12. The van der Waals surface area contributed by atoms with Gasteiger partial charge in [0, 0.05) is 17.8 Å². The summed E-state index contributed by atoms with van der Waals surface area (Å²) in [7, 11) is 0. The van der Waals surface area contributed by atoms with E-state index in [9.17, 15) is 9.59 Å². The quantitative estimate of drug-likeness (QED) is 0.261. The monoisotopic (exact) mass is 503 g/mol. The molecule has 1 aliphatic rings. The maximum absolute atomic E-state index is 13.0. The van der Waals surface area contributed by atoms with E-state index in [0.29, 0.717) is 22.5 Å². The normalized spacial score (nSPS) is 14.3. The third-order valence-corrected chi connectivity index (χ3v) is 6.74. The lowest BCUT2D eigenvalue weighted by Crippen LogP contribution is -2.39. The summed E-state index contributed by atoms with van der Waals surface area (Å²) in [4.78, 5) is 27.8. The number of para-hydroxylation sites is 1. The summed E-state index contributed by atoms with van der Waals surface area (Å²) in [5.41, 5.74) is 4.31. The number of benzene rings is 4. The molecule has 6 rings (SSSR count). The van der Waals surface area contributed by atoms with Gasteiger partial charge in [0.05, 0.1) is 5.39 Å². The molecule has 4 aromatic carbocycles. The molecule has 1 aliphatic heterocycles. The Bertz CT molecular complexity index is 1670. The second kappa shape index (κ2) is 9.90. The van der Waals surface area contributed by atoms with Crippen molar-refractivity contribution >= 4 is 22.6 Å². The van der Waals surface area contributed by atoms with Gasteiger partial charge in [-0.25, -0.2) is 0 Å². The van der Waals surface area contributed by atoms with Gasteiger partial charge in [-0.3, -0.25) is 9.59 Å². The van der Waals surface area contributed by atoms with Crippen LogP contribution in [0.5, 0.6) is 17.2 Å². The van der Waals surface area contributed by atoms with Crippen LogP contribution in [-0.4, -0.2) is 18.6 Å². The molecule has 2 heterocycles. The predicted octanol–water partition coefficient (Wildman–Crippen LogP) is 6.61. The summed E-state index contributed by atoms with van der Waals surface area (Å²) in [6, 6.07) is 30.4. The van der Waals surface area contributed by atoms with E-state index in [1.807, 2.05) is 85.8 Å². The van der Waals surface area contributed by atoms with Gasteiger partial charge in [0.2, 0.25) is 11.2 Å². The first-order chi connectivity index (χ1) is 18.6. The molecule has 0 bridgehead atoms. The minimum Gasteiger partial charge on any atom is -0.484 e. The van der Waals surface area contributed by atoms with E-state index >= 15 is 0 Å². The van der Waals surface area contributed by atoms with Crippen molar-refractivity contribution in [2.75, 3.05) is 11.5 Å². The summed E-state index contributed by atoms with van der Waals surface area (Å²) in [5, 5.41) is 0.365. The summed E-state index contributed by atoms with van der Waals surface area (Å²) in [6.45, 7) is 1.91. The highest BCUT2D eigenvalue weighted by atomic mass is 16.5. The van der Waals surface area contributed by atoms with Crippen LogP contribution >= 0.6 is 0 Å². The number of hydrogen-bond donors (Lipinski definition) is 0. The second-order valence-electron chi connectivity index (χ2n) is 9.31. The van der Waals surface area contributed by atoms with Gasteiger partial charge < -0.3 is 18.8 Å². The van der Waals surface area contributed by atoms with Crippen LogP contribution in [0.3, 0.4) is 0 Å². The third kappa shape index (κ3) is 4.52. The van der Waals surface area contributed by atoms with Crippen LogP contribution in [0, 0.1) is 0 Å². The molecular weight excluding hydrogens is 478 g/mol. The Labute approximate surface area is 219 Å². The third-order valence-electron chi connectivity index (χ3n) is 6.74. The highest BCUT2D eigenvalue weighted by Gasteiger charge is 2.30. The Kier molecular flexibility index (Phi) is 6.14. The Morgan fingerprint density at radius 3 is 2.42 bits per heavy atom. The maximum Gasteiger partial charge on any atom is 0.265 e. The molecule has 0 fully saturated rings. The van der Waals surface area contributed by atoms with Crippen molar-refractivity contribution in [3.05, 3.63) is 119 Å². The van der Waals surface area contributed by atoms with Crippen molar-refractivity contribution in [2.24, 2.45) is 0 Å². The fourth-order valence-corrected chi connectivity index (χ4v) is 4.88. The summed E-state index contributed by atoms with van der Waals surface area (Å²) in [5.74, 6) is 0.952. The van der Waals surface area contributed by atoms with Gasteiger partial charge in [-0.05, 0) is 60.4 Å². The van der Waals surface area contributed by atoms with Gasteiger partial charge in [-0.1, -0.05) is 60.7 Å². The molecule has 188 valence electrons. The molecular formula is C32H25NO5. The molecule has 5 aromatic rings. The minimum absolute atomic E-state index is 0.0751. The van der Waals surface area contributed by atoms with Gasteiger partial charge >= 0.3 is 0 Å². The van der Waals surface area contributed by atoms with E-state index in [4.69, 9.17) is 13.9 Å². The fourth-order valence-electron chi connectivity index (χ4n) is 4.88. The first kappa shape index (κ1) is 23.6. The SMILES string of the molecule is C[C@@H]1Cc2ccccc2N1C(=O)COc1ccc2c(=O)c(Oc3ccc(-c4ccccc4)cc3)coc2c1. The van der Waals surface area contributed by atoms with E-state index in [1.165, 1.54) is 6.26 Å². The van der Waals surface area contributed by atoms with Crippen LogP contribution < -0.4 is 19.8 Å². The zero-order valence-corrected chi connectivity index (χ0v) is 20.8. The molecule has 1 atom stereocenters. The summed E-state index contributed by atoms with van der Waals surface area (Å²) >= 11 is 0. The minimum atomic E-state index is -0.288. The lowest BCUT2D eigenvalue weighted by Gasteiger charge is -2.22. The first-order valence-corrected chi connectivity index (χ1v) is 12.5.